The normalized spacial score (nSPS) is 13.5. The van der Waals surface area contributed by atoms with Crippen LogP contribution in [0, 0.1) is 0 Å². The van der Waals surface area contributed by atoms with Crippen LogP contribution in [0.3, 0.4) is 0 Å². The molecule has 0 spiro atoms. The predicted molar refractivity (Wildman–Crippen MR) is 64.9 cm³/mol. The third-order valence-corrected chi connectivity index (χ3v) is 3.11. The van der Waals surface area contributed by atoms with Gasteiger partial charge < -0.3 is 14.4 Å². The Hall–Kier alpha value is -2.02. The molecular weight excluding hydrogens is 275 g/mol. The first kappa shape index (κ1) is 14.4. The molecule has 1 N–H and O–H groups in total. The van der Waals surface area contributed by atoms with Crippen molar-refractivity contribution in [3.05, 3.63) is 35.5 Å². The molecule has 0 amide bonds. The van der Waals surface area contributed by atoms with Crippen molar-refractivity contribution in [2.24, 2.45) is 7.05 Å². The second-order valence-corrected chi connectivity index (χ2v) is 4.33. The van der Waals surface area contributed by atoms with Gasteiger partial charge in [0, 0.05) is 18.0 Å². The molecule has 0 bridgehead atoms. The zero-order valence-electron chi connectivity index (χ0n) is 10.7. The Morgan fingerprint density at radius 1 is 1.35 bits per heavy atom. The van der Waals surface area contributed by atoms with Crippen LogP contribution in [0.4, 0.5) is 13.2 Å². The first-order valence-electron chi connectivity index (χ1n) is 5.68. The quantitative estimate of drug-likeness (QED) is 0.863. The summed E-state index contributed by atoms with van der Waals surface area (Å²) < 4.78 is 43.8. The van der Waals surface area contributed by atoms with E-state index >= 15 is 0 Å². The summed E-state index contributed by atoms with van der Waals surface area (Å²) in [7, 11) is 2.67. The van der Waals surface area contributed by atoms with Gasteiger partial charge in [-0.05, 0) is 24.3 Å². The second kappa shape index (κ2) is 4.82. The highest BCUT2D eigenvalue weighted by Gasteiger charge is 2.31. The summed E-state index contributed by atoms with van der Waals surface area (Å²) in [5.41, 5.74) is -0.128. The van der Waals surface area contributed by atoms with Gasteiger partial charge in [0.25, 0.3) is 0 Å². The standard InChI is InChI=1S/C13H12F3NO3/c1-17-9-4-3-8(13(14,15)16)5-7(9)6-10(17)11(18)12(19)20-2/h3-6,11,18H,1-2H3. The summed E-state index contributed by atoms with van der Waals surface area (Å²) in [6, 6.07) is 4.57. The van der Waals surface area contributed by atoms with E-state index in [1.165, 1.54) is 16.7 Å². The number of rotatable bonds is 2. The van der Waals surface area contributed by atoms with Crippen LogP contribution in [0.1, 0.15) is 17.4 Å². The maximum absolute atomic E-state index is 12.6. The number of fused-ring (bicyclic) bond motifs is 1. The van der Waals surface area contributed by atoms with Crippen LogP contribution < -0.4 is 0 Å². The Labute approximate surface area is 112 Å². The van der Waals surface area contributed by atoms with Gasteiger partial charge in [-0.15, -0.1) is 0 Å². The number of benzene rings is 1. The lowest BCUT2D eigenvalue weighted by Crippen LogP contribution is -2.16. The van der Waals surface area contributed by atoms with Crippen LogP contribution >= 0.6 is 0 Å². The summed E-state index contributed by atoms with van der Waals surface area (Å²) in [5, 5.41) is 10.1. The molecule has 0 aliphatic rings. The lowest BCUT2D eigenvalue weighted by molar-refractivity contribution is -0.151. The molecule has 4 nitrogen and oxygen atoms in total. The van der Waals surface area contributed by atoms with E-state index in [4.69, 9.17) is 0 Å². The summed E-state index contributed by atoms with van der Waals surface area (Å²) in [5.74, 6) is -0.869. The number of carbonyl (C=O) groups is 1. The van der Waals surface area contributed by atoms with Crippen molar-refractivity contribution < 1.29 is 27.8 Å². The monoisotopic (exact) mass is 287 g/mol. The Morgan fingerprint density at radius 2 is 2.00 bits per heavy atom. The minimum atomic E-state index is -4.44. The zero-order valence-corrected chi connectivity index (χ0v) is 10.7. The topological polar surface area (TPSA) is 51.5 Å². The molecule has 0 aliphatic carbocycles. The molecule has 1 unspecified atom stereocenters. The van der Waals surface area contributed by atoms with E-state index in [1.54, 1.807) is 7.05 Å². The maximum Gasteiger partial charge on any atom is 0.416 e. The number of nitrogens with zero attached hydrogens (tertiary/aromatic N) is 1. The molecule has 1 aromatic carbocycles. The van der Waals surface area contributed by atoms with Crippen LogP contribution in [-0.4, -0.2) is 22.8 Å². The fraction of sp³-hybridized carbons (Fsp3) is 0.308. The van der Waals surface area contributed by atoms with E-state index in [2.05, 4.69) is 4.74 Å². The van der Waals surface area contributed by atoms with Crippen molar-refractivity contribution in [3.8, 4) is 0 Å². The molecule has 0 saturated carbocycles. The van der Waals surface area contributed by atoms with Gasteiger partial charge in [0.1, 0.15) is 0 Å². The molecule has 2 rings (SSSR count). The SMILES string of the molecule is COC(=O)C(O)c1cc2cc(C(F)(F)F)ccc2n1C. The van der Waals surface area contributed by atoms with Gasteiger partial charge in [-0.3, -0.25) is 0 Å². The third-order valence-electron chi connectivity index (χ3n) is 3.11. The van der Waals surface area contributed by atoms with Crippen molar-refractivity contribution in [2.75, 3.05) is 7.11 Å². The number of methoxy groups -OCH3 is 1. The Morgan fingerprint density at radius 3 is 2.55 bits per heavy atom. The fourth-order valence-electron chi connectivity index (χ4n) is 2.04. The molecule has 20 heavy (non-hydrogen) atoms. The predicted octanol–water partition coefficient (Wildman–Crippen LogP) is 2.40. The average molecular weight is 287 g/mol. The van der Waals surface area contributed by atoms with Gasteiger partial charge in [0.05, 0.1) is 18.4 Å². The number of hydrogen-bond donors (Lipinski definition) is 1. The van der Waals surface area contributed by atoms with Crippen LogP contribution in [0.2, 0.25) is 0 Å². The molecule has 0 saturated heterocycles. The van der Waals surface area contributed by atoms with Crippen LogP contribution in [-0.2, 0) is 22.8 Å². The molecule has 2 aromatic rings. The lowest BCUT2D eigenvalue weighted by Gasteiger charge is -2.10. The molecule has 1 aromatic heterocycles. The van der Waals surface area contributed by atoms with Crippen LogP contribution in [0.25, 0.3) is 10.9 Å². The number of aliphatic hydroxyl groups excluding tert-OH is 1. The summed E-state index contributed by atoms with van der Waals surface area (Å²) >= 11 is 0. The number of aryl methyl sites for hydroxylation is 1. The van der Waals surface area contributed by atoms with Crippen molar-refractivity contribution in [1.29, 1.82) is 0 Å². The third kappa shape index (κ3) is 2.36. The van der Waals surface area contributed by atoms with E-state index in [1.807, 2.05) is 0 Å². The summed E-state index contributed by atoms with van der Waals surface area (Å²) in [6.45, 7) is 0. The van der Waals surface area contributed by atoms with Gasteiger partial charge in [0.15, 0.2) is 6.10 Å². The Kier molecular flexibility index (Phi) is 3.47. The fourth-order valence-corrected chi connectivity index (χ4v) is 2.04. The first-order chi connectivity index (χ1) is 9.25. The van der Waals surface area contributed by atoms with E-state index in [0.29, 0.717) is 10.9 Å². The highest BCUT2D eigenvalue weighted by molar-refractivity contribution is 5.85. The number of aromatic nitrogens is 1. The van der Waals surface area contributed by atoms with Gasteiger partial charge in [-0.1, -0.05) is 0 Å². The maximum atomic E-state index is 12.6. The Bertz CT molecular complexity index is 661. The van der Waals surface area contributed by atoms with Gasteiger partial charge >= 0.3 is 12.1 Å². The first-order valence-corrected chi connectivity index (χ1v) is 5.68. The molecule has 1 atom stereocenters. The lowest BCUT2D eigenvalue weighted by atomic mass is 10.1. The number of alkyl halides is 3. The van der Waals surface area contributed by atoms with Crippen LogP contribution in [0.5, 0.6) is 0 Å². The van der Waals surface area contributed by atoms with Gasteiger partial charge in [0.2, 0.25) is 0 Å². The minimum Gasteiger partial charge on any atom is -0.467 e. The number of carbonyl (C=O) groups excluding carboxylic acids is 1. The van der Waals surface area contributed by atoms with E-state index in [9.17, 15) is 23.1 Å². The number of esters is 1. The molecule has 7 heteroatoms. The number of ether oxygens (including phenoxy) is 1. The van der Waals surface area contributed by atoms with Crippen molar-refractivity contribution in [2.45, 2.75) is 12.3 Å². The average Bonchev–Trinajstić information content (AvgIpc) is 2.73. The zero-order chi connectivity index (χ0) is 15.1. The molecule has 1 heterocycles. The van der Waals surface area contributed by atoms with Gasteiger partial charge in [-0.25, -0.2) is 4.79 Å². The van der Waals surface area contributed by atoms with Gasteiger partial charge in [-0.2, -0.15) is 13.2 Å². The molecule has 0 fully saturated rings. The van der Waals surface area contributed by atoms with E-state index in [-0.39, 0.29) is 5.69 Å². The molecule has 0 radical (unpaired) electrons. The smallest absolute Gasteiger partial charge is 0.416 e. The number of halogens is 3. The number of hydrogen-bond acceptors (Lipinski definition) is 3. The minimum absolute atomic E-state index is 0.172. The number of aliphatic hydroxyl groups is 1. The van der Waals surface area contributed by atoms with Crippen molar-refractivity contribution in [1.82, 2.24) is 4.57 Å². The summed E-state index contributed by atoms with van der Waals surface area (Å²) in [4.78, 5) is 11.3. The largest absolute Gasteiger partial charge is 0.467 e. The Balaban J connectivity index is 2.55. The van der Waals surface area contributed by atoms with Crippen molar-refractivity contribution in [3.63, 3.8) is 0 Å². The van der Waals surface area contributed by atoms with E-state index < -0.39 is 23.8 Å². The molecular formula is C13H12F3NO3. The highest BCUT2D eigenvalue weighted by atomic mass is 19.4. The van der Waals surface area contributed by atoms with Crippen LogP contribution in [0.15, 0.2) is 24.3 Å². The van der Waals surface area contributed by atoms with Crippen molar-refractivity contribution >= 4 is 16.9 Å². The summed E-state index contributed by atoms with van der Waals surface area (Å²) in [6.07, 6.45) is -5.97. The second-order valence-electron chi connectivity index (χ2n) is 4.33. The molecule has 108 valence electrons. The van der Waals surface area contributed by atoms with E-state index in [0.717, 1.165) is 19.2 Å². The molecule has 0 aliphatic heterocycles. The highest BCUT2D eigenvalue weighted by Crippen LogP contribution is 2.33.